The fraction of sp³-hybridized carbons (Fsp3) is 0.381. The summed E-state index contributed by atoms with van der Waals surface area (Å²) in [4.78, 5) is 16.5. The van der Waals surface area contributed by atoms with E-state index in [9.17, 15) is 9.18 Å². The molecule has 2 aromatic rings. The highest BCUT2D eigenvalue weighted by molar-refractivity contribution is 5.91. The number of hydrogen-bond acceptors (Lipinski definition) is 5. The van der Waals surface area contributed by atoms with Crippen LogP contribution < -0.4 is 25.0 Å². The summed E-state index contributed by atoms with van der Waals surface area (Å²) in [5.74, 6) is 0.999. The van der Waals surface area contributed by atoms with Gasteiger partial charge in [-0.05, 0) is 24.3 Å². The van der Waals surface area contributed by atoms with Crippen molar-refractivity contribution in [1.29, 1.82) is 0 Å². The van der Waals surface area contributed by atoms with Gasteiger partial charge in [0.15, 0.2) is 0 Å². The maximum Gasteiger partial charge on any atom is 0.319 e. The third-order valence-corrected chi connectivity index (χ3v) is 4.94. The van der Waals surface area contributed by atoms with Crippen molar-refractivity contribution in [2.24, 2.45) is 0 Å². The van der Waals surface area contributed by atoms with Crippen LogP contribution in [0.25, 0.3) is 0 Å². The van der Waals surface area contributed by atoms with Crippen molar-refractivity contribution in [1.82, 2.24) is 10.2 Å². The lowest BCUT2D eigenvalue weighted by Gasteiger charge is -2.36. The number of nitrogens with one attached hydrogen (secondary N) is 2. The third-order valence-electron chi connectivity index (χ3n) is 4.94. The largest absolute Gasteiger partial charge is 0.497 e. The molecule has 1 aliphatic rings. The summed E-state index contributed by atoms with van der Waals surface area (Å²) in [5.41, 5.74) is 1.22. The van der Waals surface area contributed by atoms with Crippen molar-refractivity contribution in [2.75, 3.05) is 63.7 Å². The second-order valence-electron chi connectivity index (χ2n) is 6.73. The minimum atomic E-state index is -0.293. The zero-order chi connectivity index (χ0) is 20.6. The minimum Gasteiger partial charge on any atom is -0.497 e. The predicted octanol–water partition coefficient (Wildman–Crippen LogP) is 2.79. The lowest BCUT2D eigenvalue weighted by Crippen LogP contribution is -2.49. The Bertz CT molecular complexity index is 825. The molecule has 0 aromatic heterocycles. The third kappa shape index (κ3) is 5.51. The van der Waals surface area contributed by atoms with Gasteiger partial charge >= 0.3 is 6.03 Å². The molecule has 1 aliphatic heterocycles. The zero-order valence-electron chi connectivity index (χ0n) is 16.8. The van der Waals surface area contributed by atoms with Gasteiger partial charge in [-0.15, -0.1) is 0 Å². The molecule has 0 atom stereocenters. The summed E-state index contributed by atoms with van der Waals surface area (Å²) < 4.78 is 24.3. The number of anilines is 2. The molecule has 0 saturated carbocycles. The number of carbonyl (C=O) groups is 1. The number of para-hydroxylation sites is 1. The molecule has 2 N–H and O–H groups in total. The fourth-order valence-electron chi connectivity index (χ4n) is 3.32. The Morgan fingerprint density at radius 1 is 1.07 bits per heavy atom. The second kappa shape index (κ2) is 9.97. The predicted molar refractivity (Wildman–Crippen MR) is 112 cm³/mol. The normalized spacial score (nSPS) is 14.4. The first-order chi connectivity index (χ1) is 14.1. The van der Waals surface area contributed by atoms with E-state index in [0.29, 0.717) is 29.4 Å². The minimum absolute atomic E-state index is 0.187. The standard InChI is InChI=1S/C21H27FN4O3/c1-28-16-7-8-18(20(15-16)29-2)24-21(27)23-9-10-25-11-13-26(14-12-25)19-6-4-3-5-17(19)22/h3-8,15H,9-14H2,1-2H3,(H2,23,24,27). The molecule has 1 fully saturated rings. The van der Waals surface area contributed by atoms with Crippen LogP contribution in [0.2, 0.25) is 0 Å². The van der Waals surface area contributed by atoms with Crippen molar-refractivity contribution < 1.29 is 18.7 Å². The van der Waals surface area contributed by atoms with Crippen LogP contribution in [0.15, 0.2) is 42.5 Å². The summed E-state index contributed by atoms with van der Waals surface area (Å²) in [6.45, 7) is 4.42. The topological polar surface area (TPSA) is 66.1 Å². The van der Waals surface area contributed by atoms with Gasteiger partial charge in [0.05, 0.1) is 25.6 Å². The number of halogens is 1. The quantitative estimate of drug-likeness (QED) is 0.746. The van der Waals surface area contributed by atoms with Crippen molar-refractivity contribution in [3.05, 3.63) is 48.3 Å². The zero-order valence-corrected chi connectivity index (χ0v) is 16.8. The molecule has 0 radical (unpaired) electrons. The van der Waals surface area contributed by atoms with Crippen LogP contribution in [-0.2, 0) is 0 Å². The number of methoxy groups -OCH3 is 2. The molecule has 0 unspecified atom stereocenters. The lowest BCUT2D eigenvalue weighted by molar-refractivity contribution is 0.240. The van der Waals surface area contributed by atoms with Crippen LogP contribution in [-0.4, -0.2) is 64.4 Å². The summed E-state index contributed by atoms with van der Waals surface area (Å²) >= 11 is 0. The fourth-order valence-corrected chi connectivity index (χ4v) is 3.32. The molecule has 1 saturated heterocycles. The van der Waals surface area contributed by atoms with E-state index in [1.54, 1.807) is 38.5 Å². The van der Waals surface area contributed by atoms with Gasteiger partial charge in [0, 0.05) is 45.3 Å². The summed E-state index contributed by atoms with van der Waals surface area (Å²) in [6.07, 6.45) is 0. The second-order valence-corrected chi connectivity index (χ2v) is 6.73. The van der Waals surface area contributed by atoms with Crippen LogP contribution in [0, 0.1) is 5.82 Å². The average molecular weight is 402 g/mol. The molecule has 0 bridgehead atoms. The van der Waals surface area contributed by atoms with Gasteiger partial charge in [0.25, 0.3) is 0 Å². The number of rotatable bonds is 7. The van der Waals surface area contributed by atoms with E-state index in [2.05, 4.69) is 20.4 Å². The molecule has 2 amide bonds. The van der Waals surface area contributed by atoms with Crippen LogP contribution in [0.1, 0.15) is 0 Å². The van der Waals surface area contributed by atoms with E-state index in [1.807, 2.05) is 12.1 Å². The number of nitrogens with zero attached hydrogens (tertiary/aromatic N) is 2. The van der Waals surface area contributed by atoms with Gasteiger partial charge in [-0.2, -0.15) is 0 Å². The molecule has 3 rings (SSSR count). The maximum atomic E-state index is 13.9. The molecule has 1 heterocycles. The van der Waals surface area contributed by atoms with Crippen LogP contribution in [0.4, 0.5) is 20.6 Å². The van der Waals surface area contributed by atoms with E-state index in [4.69, 9.17) is 9.47 Å². The molecule has 0 spiro atoms. The van der Waals surface area contributed by atoms with Crippen molar-refractivity contribution in [2.45, 2.75) is 0 Å². The monoisotopic (exact) mass is 402 g/mol. The lowest BCUT2D eigenvalue weighted by atomic mass is 10.2. The van der Waals surface area contributed by atoms with Crippen LogP contribution >= 0.6 is 0 Å². The molecular weight excluding hydrogens is 375 g/mol. The van der Waals surface area contributed by atoms with Crippen molar-refractivity contribution in [3.8, 4) is 11.5 Å². The molecule has 0 aliphatic carbocycles. The maximum absolute atomic E-state index is 13.9. The van der Waals surface area contributed by atoms with Gasteiger partial charge in [0.2, 0.25) is 0 Å². The van der Waals surface area contributed by atoms with Crippen LogP contribution in [0.3, 0.4) is 0 Å². The Labute approximate surface area is 170 Å². The van der Waals surface area contributed by atoms with E-state index >= 15 is 0 Å². The van der Waals surface area contributed by atoms with E-state index in [1.165, 1.54) is 6.07 Å². The number of amides is 2. The summed E-state index contributed by atoms with van der Waals surface area (Å²) in [6, 6.07) is 11.8. The molecule has 2 aromatic carbocycles. The van der Waals surface area contributed by atoms with E-state index < -0.39 is 0 Å². The van der Waals surface area contributed by atoms with Gasteiger partial charge in [0.1, 0.15) is 17.3 Å². The first-order valence-electron chi connectivity index (χ1n) is 9.59. The number of hydrogen-bond donors (Lipinski definition) is 2. The first-order valence-corrected chi connectivity index (χ1v) is 9.59. The highest BCUT2D eigenvalue weighted by Crippen LogP contribution is 2.28. The molecule has 8 heteroatoms. The van der Waals surface area contributed by atoms with Gasteiger partial charge in [-0.25, -0.2) is 9.18 Å². The molecule has 29 heavy (non-hydrogen) atoms. The first kappa shape index (κ1) is 20.7. The SMILES string of the molecule is COc1ccc(NC(=O)NCCN2CCN(c3ccccc3F)CC2)c(OC)c1. The Kier molecular flexibility index (Phi) is 7.13. The van der Waals surface area contributed by atoms with Crippen molar-refractivity contribution in [3.63, 3.8) is 0 Å². The van der Waals surface area contributed by atoms with Gasteiger partial charge < -0.3 is 25.0 Å². The Morgan fingerprint density at radius 2 is 1.83 bits per heavy atom. The highest BCUT2D eigenvalue weighted by Gasteiger charge is 2.19. The van der Waals surface area contributed by atoms with Crippen molar-refractivity contribution >= 4 is 17.4 Å². The Hall–Kier alpha value is -3.00. The smallest absolute Gasteiger partial charge is 0.319 e. The van der Waals surface area contributed by atoms with Gasteiger partial charge in [-0.3, -0.25) is 4.90 Å². The molecular formula is C21H27FN4O3. The Morgan fingerprint density at radius 3 is 2.52 bits per heavy atom. The number of urea groups is 1. The van der Waals surface area contributed by atoms with E-state index in [0.717, 1.165) is 32.7 Å². The molecule has 7 nitrogen and oxygen atoms in total. The van der Waals surface area contributed by atoms with Crippen LogP contribution in [0.5, 0.6) is 11.5 Å². The number of benzene rings is 2. The molecule has 156 valence electrons. The summed E-state index contributed by atoms with van der Waals surface area (Å²) in [7, 11) is 3.11. The summed E-state index contributed by atoms with van der Waals surface area (Å²) in [5, 5.41) is 5.64. The highest BCUT2D eigenvalue weighted by atomic mass is 19.1. The number of piperazine rings is 1. The Balaban J connectivity index is 1.41. The number of carbonyl (C=O) groups excluding carboxylic acids is 1. The van der Waals surface area contributed by atoms with Gasteiger partial charge in [-0.1, -0.05) is 12.1 Å². The average Bonchev–Trinajstić information content (AvgIpc) is 2.75. The van der Waals surface area contributed by atoms with E-state index in [-0.39, 0.29) is 11.8 Å². The number of ether oxygens (including phenoxy) is 2.